The van der Waals surface area contributed by atoms with E-state index in [-0.39, 0.29) is 19.0 Å². The lowest BCUT2D eigenvalue weighted by Gasteiger charge is -2.22. The van der Waals surface area contributed by atoms with Gasteiger partial charge < -0.3 is 24.8 Å². The van der Waals surface area contributed by atoms with Crippen molar-refractivity contribution >= 4 is 36.5 Å². The van der Waals surface area contributed by atoms with Gasteiger partial charge in [-0.15, -0.1) is 0 Å². The highest BCUT2D eigenvalue weighted by Gasteiger charge is 2.30. The summed E-state index contributed by atoms with van der Waals surface area (Å²) in [5.74, 6) is -0.910. The summed E-state index contributed by atoms with van der Waals surface area (Å²) in [6.07, 6.45) is 2.13. The number of anilines is 1. The van der Waals surface area contributed by atoms with E-state index < -0.39 is 50.3 Å². The number of rotatable bonds is 12. The van der Waals surface area contributed by atoms with Crippen LogP contribution in [0.15, 0.2) is 12.7 Å². The van der Waals surface area contributed by atoms with Crippen LogP contribution in [0.4, 0.5) is 5.82 Å². The number of imidazole rings is 1. The molecule has 0 bridgehead atoms. The molecule has 0 unspecified atom stereocenters. The molecule has 196 valence electrons. The summed E-state index contributed by atoms with van der Waals surface area (Å²) in [5.41, 5.74) is 4.92. The highest BCUT2D eigenvalue weighted by molar-refractivity contribution is 7.53. The molecule has 0 aliphatic rings. The summed E-state index contributed by atoms with van der Waals surface area (Å²) in [7, 11) is -3.97. The number of hydrogen-bond donors (Lipinski definition) is 1. The maximum atomic E-state index is 13.0. The van der Waals surface area contributed by atoms with Crippen LogP contribution in [0.3, 0.4) is 0 Å². The van der Waals surface area contributed by atoms with Crippen LogP contribution in [-0.2, 0) is 37.4 Å². The van der Waals surface area contributed by atoms with E-state index >= 15 is 0 Å². The van der Waals surface area contributed by atoms with Gasteiger partial charge >= 0.3 is 19.5 Å². The van der Waals surface area contributed by atoms with Gasteiger partial charge in [0.2, 0.25) is 19.2 Å². The van der Waals surface area contributed by atoms with E-state index in [1.807, 2.05) is 0 Å². The molecule has 0 spiro atoms. The van der Waals surface area contributed by atoms with Gasteiger partial charge in [-0.1, -0.05) is 0 Å². The number of nitrogen functional groups attached to an aromatic ring is 1. The van der Waals surface area contributed by atoms with Crippen molar-refractivity contribution in [3.8, 4) is 0 Å². The lowest BCUT2D eigenvalue weighted by Crippen LogP contribution is -2.25. The molecular formula is C20H32N5O9P. The van der Waals surface area contributed by atoms with Crippen molar-refractivity contribution < 1.29 is 42.2 Å². The molecule has 2 aromatic heterocycles. The molecule has 0 saturated carbocycles. The SMILES string of the molecule is CC(C)(C)C(=O)OCOP(=O)(COCCOn1cnc2c(N)ncnc21)OCOC(=O)C(C)(C)C. The highest BCUT2D eigenvalue weighted by atomic mass is 31.2. The third kappa shape index (κ3) is 8.73. The van der Waals surface area contributed by atoms with E-state index in [1.54, 1.807) is 41.5 Å². The first-order valence-electron chi connectivity index (χ1n) is 10.6. The van der Waals surface area contributed by atoms with Crippen LogP contribution >= 0.6 is 7.60 Å². The van der Waals surface area contributed by atoms with Crippen LogP contribution < -0.4 is 10.6 Å². The van der Waals surface area contributed by atoms with Gasteiger partial charge in [0.15, 0.2) is 11.3 Å². The molecule has 0 saturated heterocycles. The quantitative estimate of drug-likeness (QED) is 0.188. The average molecular weight is 517 g/mol. The maximum absolute atomic E-state index is 13.0. The zero-order chi connectivity index (χ0) is 26.3. The van der Waals surface area contributed by atoms with Crippen LogP contribution in [0.5, 0.6) is 0 Å². The molecule has 15 heteroatoms. The van der Waals surface area contributed by atoms with Gasteiger partial charge in [-0.25, -0.2) is 15.0 Å². The first-order chi connectivity index (χ1) is 16.2. The second kappa shape index (κ2) is 11.8. The minimum Gasteiger partial charge on any atom is -0.438 e. The van der Waals surface area contributed by atoms with Gasteiger partial charge in [-0.2, -0.15) is 4.73 Å². The first kappa shape index (κ1) is 28.4. The number of carbonyl (C=O) groups excluding carboxylic acids is 2. The molecule has 2 N–H and O–H groups in total. The third-order valence-electron chi connectivity index (χ3n) is 4.14. The van der Waals surface area contributed by atoms with Crippen molar-refractivity contribution in [3.63, 3.8) is 0 Å². The smallest absolute Gasteiger partial charge is 0.361 e. The van der Waals surface area contributed by atoms with Gasteiger partial charge in [-0.05, 0) is 41.5 Å². The van der Waals surface area contributed by atoms with Crippen LogP contribution in [0, 0.1) is 10.8 Å². The molecule has 0 fully saturated rings. The van der Waals surface area contributed by atoms with Crippen molar-refractivity contribution in [2.75, 3.05) is 38.9 Å². The topological polar surface area (TPSA) is 176 Å². The summed E-state index contributed by atoms with van der Waals surface area (Å²) in [5, 5.41) is 0. The molecule has 35 heavy (non-hydrogen) atoms. The Morgan fingerprint density at radius 3 is 2.06 bits per heavy atom. The number of fused-ring (bicyclic) bond motifs is 1. The lowest BCUT2D eigenvalue weighted by atomic mass is 9.98. The van der Waals surface area contributed by atoms with E-state index in [9.17, 15) is 14.2 Å². The van der Waals surface area contributed by atoms with E-state index in [0.29, 0.717) is 11.2 Å². The van der Waals surface area contributed by atoms with E-state index in [0.717, 1.165) is 0 Å². The molecule has 0 aliphatic carbocycles. The zero-order valence-corrected chi connectivity index (χ0v) is 21.6. The number of hydrogen-bond acceptors (Lipinski definition) is 13. The van der Waals surface area contributed by atoms with E-state index in [1.165, 1.54) is 17.4 Å². The molecule has 0 aromatic carbocycles. The minimum absolute atomic E-state index is 0.0212. The number of nitrogens with zero attached hydrogens (tertiary/aromatic N) is 4. The standard InChI is InChI=1S/C20H32N5O9P/c1-19(2,3)17(26)30-11-33-35(28,34-12-31-18(27)20(4,5)6)13-29-7-8-32-25-10-24-14-15(21)22-9-23-16(14)25/h9-10H,7-8,11-13H2,1-6H3,(H2,21,22,23). The summed E-state index contributed by atoms with van der Waals surface area (Å²) in [6.45, 7) is 8.66. The normalized spacial score (nSPS) is 12.5. The lowest BCUT2D eigenvalue weighted by molar-refractivity contribution is -0.162. The van der Waals surface area contributed by atoms with Crippen molar-refractivity contribution in [2.45, 2.75) is 41.5 Å². The fourth-order valence-electron chi connectivity index (χ4n) is 2.16. The molecule has 0 amide bonds. The fraction of sp³-hybridized carbons (Fsp3) is 0.650. The van der Waals surface area contributed by atoms with Crippen molar-refractivity contribution in [1.82, 2.24) is 19.7 Å². The summed E-state index contributed by atoms with van der Waals surface area (Å²) < 4.78 is 40.0. The van der Waals surface area contributed by atoms with Gasteiger partial charge in [0.25, 0.3) is 0 Å². The second-order valence-corrected chi connectivity index (χ2v) is 11.3. The van der Waals surface area contributed by atoms with Gasteiger partial charge in [0.05, 0.1) is 17.4 Å². The Labute approximate surface area is 202 Å². The molecule has 2 aromatic rings. The number of nitrogens with two attached hydrogens (primary N) is 1. The number of carbonyl (C=O) groups is 2. The van der Waals surface area contributed by atoms with Crippen molar-refractivity contribution in [1.29, 1.82) is 0 Å². The number of aromatic nitrogens is 4. The molecule has 2 heterocycles. The van der Waals surface area contributed by atoms with Crippen LogP contribution in [-0.4, -0.2) is 64.8 Å². The number of esters is 2. The summed E-state index contributed by atoms with van der Waals surface area (Å²) in [4.78, 5) is 41.3. The van der Waals surface area contributed by atoms with E-state index in [4.69, 9.17) is 33.8 Å². The zero-order valence-electron chi connectivity index (χ0n) is 20.7. The van der Waals surface area contributed by atoms with Crippen LogP contribution in [0.2, 0.25) is 0 Å². The van der Waals surface area contributed by atoms with E-state index in [2.05, 4.69) is 15.0 Å². The highest BCUT2D eigenvalue weighted by Crippen LogP contribution is 2.48. The molecule has 0 atom stereocenters. The van der Waals surface area contributed by atoms with Gasteiger partial charge in [0.1, 0.15) is 25.6 Å². The fourth-order valence-corrected chi connectivity index (χ4v) is 3.17. The summed E-state index contributed by atoms with van der Waals surface area (Å²) >= 11 is 0. The van der Waals surface area contributed by atoms with Crippen molar-refractivity contribution in [3.05, 3.63) is 12.7 Å². The largest absolute Gasteiger partial charge is 0.438 e. The van der Waals surface area contributed by atoms with Gasteiger partial charge in [-0.3, -0.25) is 23.2 Å². The Bertz CT molecular complexity index is 1030. The van der Waals surface area contributed by atoms with Crippen LogP contribution in [0.1, 0.15) is 41.5 Å². The Morgan fingerprint density at radius 2 is 1.51 bits per heavy atom. The third-order valence-corrected chi connectivity index (χ3v) is 5.64. The maximum Gasteiger partial charge on any atom is 0.361 e. The molecule has 2 rings (SSSR count). The van der Waals surface area contributed by atoms with Gasteiger partial charge in [0, 0.05) is 0 Å². The molecular weight excluding hydrogens is 485 g/mol. The molecule has 0 aliphatic heterocycles. The average Bonchev–Trinajstić information content (AvgIpc) is 3.16. The molecule has 0 radical (unpaired) electrons. The predicted octanol–water partition coefficient (Wildman–Crippen LogP) is 2.13. The Kier molecular flexibility index (Phi) is 9.55. The Morgan fingerprint density at radius 1 is 0.943 bits per heavy atom. The minimum atomic E-state index is -3.97. The van der Waals surface area contributed by atoms with Crippen LogP contribution in [0.25, 0.3) is 11.2 Å². The number of ether oxygens (including phenoxy) is 3. The second-order valence-electron chi connectivity index (χ2n) is 9.34. The molecule has 14 nitrogen and oxygen atoms in total. The monoisotopic (exact) mass is 517 g/mol. The predicted molar refractivity (Wildman–Crippen MR) is 123 cm³/mol. The Hall–Kier alpha value is -2.80. The Balaban J connectivity index is 1.88. The first-order valence-corrected chi connectivity index (χ1v) is 12.3. The van der Waals surface area contributed by atoms with Crippen molar-refractivity contribution in [2.24, 2.45) is 10.8 Å². The summed E-state index contributed by atoms with van der Waals surface area (Å²) in [6, 6.07) is 0.